The van der Waals surface area contributed by atoms with Crippen LogP contribution in [-0.2, 0) is 180 Å². The SMILES string of the molecule is CC[Si](CC)(CC)OC1C(OCc2ccccc2)[C@H](OCc2ccccc2)C(COCc2ccccc2)O[C@H]1OC1C(OCc2ccccc2)[C@H](OC2C(O[C@@H]3O[C@H](C)[C@H](OCc4ccccc4)C4OC(C)(C)OC43)[C@@H](OC(C)=O)C(C)O[C@@H]2OC(=N)C(Cl)(Cl)Cl)OC(C)[C@@H]1O[C@@H]1OC[C@@H](OCc2ccccc2)C(O[C@@H]2OCC3(COCc4ccccc4)O[C@@H](c4ccccc4)OC23)C1OCc1ccccc1. The number of hydrogen-bond acceptors (Lipinski definition) is 28. The summed E-state index contributed by atoms with van der Waals surface area (Å²) in [6.07, 6.45) is -33.2. The lowest BCUT2D eigenvalue weighted by molar-refractivity contribution is -0.408. The third kappa shape index (κ3) is 26.8. The largest absolute Gasteiger partial charge is 0.457 e. The van der Waals surface area contributed by atoms with E-state index < -0.39 is 201 Å². The van der Waals surface area contributed by atoms with Crippen LogP contribution in [0.3, 0.4) is 0 Å². The number of rotatable bonds is 44. The van der Waals surface area contributed by atoms with E-state index in [2.05, 4.69) is 20.8 Å². The van der Waals surface area contributed by atoms with Crippen LogP contribution in [0.2, 0.25) is 18.1 Å². The van der Waals surface area contributed by atoms with Crippen LogP contribution in [0, 0.1) is 5.41 Å². The molecular formula is C110H130Cl3NO27Si. The third-order valence-electron chi connectivity index (χ3n) is 27.1. The summed E-state index contributed by atoms with van der Waals surface area (Å²) in [5, 5.41) is 9.40. The highest BCUT2D eigenvalue weighted by Gasteiger charge is 2.65. The molecule has 762 valence electrons. The van der Waals surface area contributed by atoms with E-state index in [1.54, 1.807) is 27.7 Å². The fourth-order valence-electron chi connectivity index (χ4n) is 19.5. The summed E-state index contributed by atoms with van der Waals surface area (Å²) in [5.74, 6) is -2.84. The molecule has 9 aromatic rings. The smallest absolute Gasteiger partial charge is 0.303 e. The van der Waals surface area contributed by atoms with Gasteiger partial charge in [-0.15, -0.1) is 0 Å². The molecule has 0 aromatic heterocycles. The predicted molar refractivity (Wildman–Crippen MR) is 526 cm³/mol. The molecule has 15 unspecified atom stereocenters. The molecular weight excluding hydrogens is 1900 g/mol. The highest BCUT2D eigenvalue weighted by molar-refractivity contribution is 6.76. The predicted octanol–water partition coefficient (Wildman–Crippen LogP) is 18.6. The molecule has 28 nitrogen and oxygen atoms in total. The topological polar surface area (TPSA) is 281 Å². The molecule has 8 fully saturated rings. The van der Waals surface area contributed by atoms with E-state index in [0.29, 0.717) is 23.7 Å². The normalized spacial score (nSPS) is 31.9. The number of halogens is 3. The number of hydrogen-bond donors (Lipinski definition) is 1. The van der Waals surface area contributed by atoms with E-state index in [-0.39, 0.29) is 79.3 Å². The first kappa shape index (κ1) is 105. The quantitative estimate of drug-likeness (QED) is 0.0122. The lowest BCUT2D eigenvalue weighted by Crippen LogP contribution is -2.69. The number of carbonyl (C=O) groups excluding carboxylic acids is 1. The van der Waals surface area contributed by atoms with Gasteiger partial charge in [-0.3, -0.25) is 10.2 Å². The number of fused-ring (bicyclic) bond motifs is 2. The minimum Gasteiger partial charge on any atom is -0.457 e. The molecule has 0 saturated carbocycles. The second kappa shape index (κ2) is 49.7. The fourth-order valence-corrected chi connectivity index (χ4v) is 22.5. The molecule has 0 amide bonds. The van der Waals surface area contributed by atoms with E-state index in [4.69, 9.17) is 158 Å². The molecule has 0 spiro atoms. The first-order valence-corrected chi connectivity index (χ1v) is 52.8. The van der Waals surface area contributed by atoms with Gasteiger partial charge in [0.2, 0.25) is 12.2 Å². The van der Waals surface area contributed by atoms with Gasteiger partial charge in [-0.05, 0) is 97.3 Å². The Hall–Kier alpha value is -7.95. The van der Waals surface area contributed by atoms with E-state index in [0.717, 1.165) is 44.5 Å². The molecule has 32 heteroatoms. The van der Waals surface area contributed by atoms with Gasteiger partial charge in [-0.2, -0.15) is 0 Å². The van der Waals surface area contributed by atoms with Crippen molar-refractivity contribution in [3.63, 3.8) is 0 Å². The van der Waals surface area contributed by atoms with Crippen LogP contribution >= 0.6 is 34.8 Å². The highest BCUT2D eigenvalue weighted by atomic mass is 35.6. The van der Waals surface area contributed by atoms with Gasteiger partial charge in [0, 0.05) is 12.5 Å². The average Bonchev–Trinajstić information content (AvgIpc) is 1.56. The van der Waals surface area contributed by atoms with Gasteiger partial charge < -0.3 is 123 Å². The Kier molecular flexibility index (Phi) is 36.9. The molecule has 8 aliphatic heterocycles. The van der Waals surface area contributed by atoms with Gasteiger partial charge in [0.05, 0.1) is 97.6 Å². The number of alkyl halides is 3. The van der Waals surface area contributed by atoms with Crippen LogP contribution < -0.4 is 0 Å². The van der Waals surface area contributed by atoms with Crippen molar-refractivity contribution in [1.82, 2.24) is 0 Å². The van der Waals surface area contributed by atoms with E-state index >= 15 is 0 Å². The second-order valence-electron chi connectivity index (χ2n) is 37.6. The van der Waals surface area contributed by atoms with Crippen LogP contribution in [0.25, 0.3) is 0 Å². The maximum absolute atomic E-state index is 14.0. The molecule has 0 aliphatic carbocycles. The van der Waals surface area contributed by atoms with E-state index in [9.17, 15) is 10.2 Å². The summed E-state index contributed by atoms with van der Waals surface area (Å²) in [5.41, 5.74) is 6.47. The summed E-state index contributed by atoms with van der Waals surface area (Å²) < 4.78 is 186. The lowest BCUT2D eigenvalue weighted by atomic mass is 9.95. The van der Waals surface area contributed by atoms with Crippen LogP contribution in [0.15, 0.2) is 273 Å². The van der Waals surface area contributed by atoms with Gasteiger partial charge in [-0.25, -0.2) is 0 Å². The maximum Gasteiger partial charge on any atom is 0.303 e. The number of carbonyl (C=O) groups is 1. The van der Waals surface area contributed by atoms with Crippen LogP contribution in [-0.4, -0.2) is 222 Å². The number of esters is 1. The summed E-state index contributed by atoms with van der Waals surface area (Å²) >= 11 is 20.0. The third-order valence-corrected chi connectivity index (χ3v) is 32.2. The van der Waals surface area contributed by atoms with Crippen LogP contribution in [0.5, 0.6) is 0 Å². The molecule has 142 heavy (non-hydrogen) atoms. The average molecular weight is 2030 g/mol. The molecule has 1 N–H and O–H groups in total. The van der Waals surface area contributed by atoms with Gasteiger partial charge >= 0.3 is 5.97 Å². The van der Waals surface area contributed by atoms with Gasteiger partial charge in [-0.1, -0.05) is 329 Å². The van der Waals surface area contributed by atoms with Crippen molar-refractivity contribution >= 4 is 55.0 Å². The highest BCUT2D eigenvalue weighted by Crippen LogP contribution is 2.50. The molecule has 8 heterocycles. The minimum atomic E-state index is -2.94. The Labute approximate surface area is 846 Å². The standard InChI is InChI=1S/C110H130Cl3NO27Si/c1-10-142(11-2,12-3)141-98-90(121-63-79-50-32-18-33-51-79)88(120-62-78-48-30-17-31-49-78)84(66-116-58-74-40-22-13-23-41-74)130-105(98)133-91-87(131-101-94(122-64-80-52-34-19-35-53-80)89(83(67-124-101)118-60-76-44-26-15-27-45-76)132-106-99-109(69-125-106,68-117-59-75-42-24-14-25-43-75)140-100(136-99)82-56-38-21-39-57-82)72(6)127-102(95(91)123-65-81-54-36-20-37-55-81)135-96-92(86(129-73(7)115)71(5)128-103(96)137-107(114)110(111,112)113)134-104-97-93(138-108(8,9)139-97)85(70(4)126-104)119-61-77-46-28-16-29-47-77/h13-57,70-72,83-106,114H,10-12,58-69H2,1-9H3/t70-,71?,72?,83-,84?,85+,86+,87+,88-,89?,90?,91?,92?,93?,94?,95?,96?,97?,98?,99?,100+,101+,102+,103-,104+,105+,106+,109?/m1/s1. The van der Waals surface area contributed by atoms with Gasteiger partial charge in [0.25, 0.3) is 3.79 Å². The number of nitrogens with one attached hydrogen (secondary N) is 1. The summed E-state index contributed by atoms with van der Waals surface area (Å²) in [6, 6.07) is 90.1. The molecule has 0 radical (unpaired) electrons. The number of benzene rings is 9. The van der Waals surface area contributed by atoms with Gasteiger partial charge in [0.15, 0.2) is 64.1 Å². The molecule has 0 bridgehead atoms. The van der Waals surface area contributed by atoms with Gasteiger partial charge in [0.1, 0.15) is 97.2 Å². The molecule has 8 aliphatic rings. The first-order valence-electron chi connectivity index (χ1n) is 49.2. The van der Waals surface area contributed by atoms with Crippen molar-refractivity contribution in [2.24, 2.45) is 0 Å². The Bertz CT molecular complexity index is 5300. The monoisotopic (exact) mass is 2030 g/mol. The Morgan fingerprint density at radius 2 is 0.775 bits per heavy atom. The molecule has 9 aromatic carbocycles. The van der Waals surface area contributed by atoms with Crippen molar-refractivity contribution in [2.75, 3.05) is 26.4 Å². The zero-order valence-corrected chi connectivity index (χ0v) is 84.6. The zero-order chi connectivity index (χ0) is 98.8. The maximum atomic E-state index is 14.0. The Morgan fingerprint density at radius 3 is 1.28 bits per heavy atom. The Morgan fingerprint density at radius 1 is 0.380 bits per heavy atom. The fraction of sp³-hybridized carbons (Fsp3) is 0.491. The van der Waals surface area contributed by atoms with Crippen molar-refractivity contribution < 1.29 is 128 Å². The number of ether oxygens (including phenoxy) is 25. The summed E-state index contributed by atoms with van der Waals surface area (Å²) in [7, 11) is -2.94. The first-order chi connectivity index (χ1) is 69.0. The van der Waals surface area contributed by atoms with Crippen LogP contribution in [0.1, 0.15) is 119 Å². The van der Waals surface area contributed by atoms with E-state index in [1.807, 2.05) is 280 Å². The van der Waals surface area contributed by atoms with E-state index in [1.165, 1.54) is 6.92 Å². The van der Waals surface area contributed by atoms with Crippen molar-refractivity contribution in [1.29, 1.82) is 5.41 Å². The van der Waals surface area contributed by atoms with Crippen molar-refractivity contribution in [3.05, 3.63) is 323 Å². The minimum absolute atomic E-state index is 0.00406. The molecule has 28 atom stereocenters. The molecule has 17 rings (SSSR count). The lowest BCUT2D eigenvalue weighted by Gasteiger charge is -2.53. The second-order valence-corrected chi connectivity index (χ2v) is 44.6. The Balaban J connectivity index is 0.819. The zero-order valence-electron chi connectivity index (χ0n) is 81.3. The molecule has 8 saturated heterocycles. The summed E-state index contributed by atoms with van der Waals surface area (Å²) in [4.78, 5) is 14.0. The van der Waals surface area contributed by atoms with Crippen LogP contribution in [0.4, 0.5) is 0 Å². The summed E-state index contributed by atoms with van der Waals surface area (Å²) in [6.45, 7) is 17.2. The van der Waals surface area contributed by atoms with Crippen molar-refractivity contribution in [3.8, 4) is 0 Å². The van der Waals surface area contributed by atoms with Crippen molar-refractivity contribution in [2.45, 2.75) is 315 Å².